The molecule has 1 amide bonds. The number of nitro benzene ring substituents is 1. The molecule has 1 unspecified atom stereocenters. The third-order valence-electron chi connectivity index (χ3n) is 2.92. The van der Waals surface area contributed by atoms with Crippen LogP contribution in [-0.2, 0) is 13.8 Å². The number of anilines is 1. The van der Waals surface area contributed by atoms with E-state index in [1.165, 1.54) is 23.1 Å². The Bertz CT molecular complexity index is 693. The van der Waals surface area contributed by atoms with Gasteiger partial charge in [0.15, 0.2) is 0 Å². The summed E-state index contributed by atoms with van der Waals surface area (Å²) in [6, 6.07) is 4.03. The minimum absolute atomic E-state index is 0.0432. The van der Waals surface area contributed by atoms with Crippen LogP contribution in [0.3, 0.4) is 0 Å². The number of non-ortho nitro benzene ring substituents is 1. The van der Waals surface area contributed by atoms with Gasteiger partial charge in [-0.3, -0.25) is 14.9 Å². The van der Waals surface area contributed by atoms with Crippen LogP contribution in [0.25, 0.3) is 0 Å². The monoisotopic (exact) mass is 430 g/mol. The Hall–Kier alpha value is -0.940. The second kappa shape index (κ2) is 5.45. The van der Waals surface area contributed by atoms with Gasteiger partial charge in [-0.2, -0.15) is 0 Å². The van der Waals surface area contributed by atoms with Crippen molar-refractivity contribution in [3.8, 4) is 0 Å². The molecule has 1 atom stereocenters. The lowest BCUT2D eigenvalue weighted by Gasteiger charge is -2.17. The zero-order valence-electron chi connectivity index (χ0n) is 9.82. The Morgan fingerprint density at radius 2 is 2.10 bits per heavy atom. The molecule has 0 aliphatic carbocycles. The van der Waals surface area contributed by atoms with Crippen molar-refractivity contribution < 1.29 is 18.1 Å². The predicted octanol–water partition coefficient (Wildman–Crippen LogP) is 1.87. The molecular weight excluding hydrogens is 423 g/mol. The minimum atomic E-state index is -3.81. The van der Waals surface area contributed by atoms with Crippen LogP contribution in [0.4, 0.5) is 11.4 Å². The van der Waals surface area contributed by atoms with Crippen molar-refractivity contribution in [3.05, 3.63) is 31.9 Å². The Labute approximate surface area is 132 Å². The van der Waals surface area contributed by atoms with Crippen molar-refractivity contribution in [3.63, 3.8) is 0 Å². The van der Waals surface area contributed by atoms with E-state index in [9.17, 15) is 23.3 Å². The predicted molar refractivity (Wildman–Crippen MR) is 81.3 cm³/mol. The molecule has 1 fully saturated rings. The van der Waals surface area contributed by atoms with Crippen LogP contribution in [0.1, 0.15) is 6.42 Å². The highest BCUT2D eigenvalue weighted by Crippen LogP contribution is 2.32. The number of nitrogens with zero attached hydrogens (tertiary/aromatic N) is 2. The summed E-state index contributed by atoms with van der Waals surface area (Å²) in [5.74, 6) is -0.369. The summed E-state index contributed by atoms with van der Waals surface area (Å²) in [6.07, 6.45) is -0.182. The highest BCUT2D eigenvalue weighted by molar-refractivity contribution is 14.1. The molecule has 0 radical (unpaired) electrons. The van der Waals surface area contributed by atoms with Gasteiger partial charge < -0.3 is 4.90 Å². The molecule has 1 saturated heterocycles. The molecule has 1 aliphatic rings. The van der Waals surface area contributed by atoms with Crippen molar-refractivity contribution >= 4 is 59.6 Å². The SMILES string of the molecule is O=C1CC(S(=O)(=O)Cl)CN1c1ccc([N+](=O)[O-])cc1I. The minimum Gasteiger partial charge on any atom is -0.310 e. The highest BCUT2D eigenvalue weighted by atomic mass is 127. The molecule has 2 rings (SSSR count). The first-order chi connectivity index (χ1) is 9.20. The van der Waals surface area contributed by atoms with Crippen LogP contribution in [0.15, 0.2) is 18.2 Å². The molecular formula is C10H8ClIN2O5S. The first-order valence-electron chi connectivity index (χ1n) is 5.38. The highest BCUT2D eigenvalue weighted by Gasteiger charge is 2.38. The van der Waals surface area contributed by atoms with E-state index in [4.69, 9.17) is 10.7 Å². The van der Waals surface area contributed by atoms with Gasteiger partial charge in [0, 0.05) is 39.4 Å². The second-order valence-corrected chi connectivity index (χ2v) is 8.27. The summed E-state index contributed by atoms with van der Waals surface area (Å²) >= 11 is 1.87. The molecule has 0 saturated carbocycles. The fraction of sp³-hybridized carbons (Fsp3) is 0.300. The third-order valence-corrected chi connectivity index (χ3v) is 5.65. The molecule has 7 nitrogen and oxygen atoms in total. The number of benzene rings is 1. The number of hydrogen-bond donors (Lipinski definition) is 0. The largest absolute Gasteiger partial charge is 0.310 e. The Morgan fingerprint density at radius 3 is 2.55 bits per heavy atom. The third kappa shape index (κ3) is 3.04. The van der Waals surface area contributed by atoms with Crippen LogP contribution in [0, 0.1) is 13.7 Å². The van der Waals surface area contributed by atoms with Gasteiger partial charge in [-0.25, -0.2) is 8.42 Å². The summed E-state index contributed by atoms with van der Waals surface area (Å²) < 4.78 is 23.1. The van der Waals surface area contributed by atoms with Gasteiger partial charge in [-0.1, -0.05) is 0 Å². The zero-order valence-corrected chi connectivity index (χ0v) is 13.6. The number of halogens is 2. The maximum Gasteiger partial charge on any atom is 0.270 e. The molecule has 0 N–H and O–H groups in total. The fourth-order valence-corrected chi connectivity index (χ4v) is 3.74. The van der Waals surface area contributed by atoms with Crippen molar-refractivity contribution in [2.45, 2.75) is 11.7 Å². The van der Waals surface area contributed by atoms with Gasteiger partial charge in [-0.15, -0.1) is 0 Å². The van der Waals surface area contributed by atoms with Crippen molar-refractivity contribution in [1.29, 1.82) is 0 Å². The first-order valence-corrected chi connectivity index (χ1v) is 8.83. The number of carbonyl (C=O) groups excluding carboxylic acids is 1. The molecule has 1 aliphatic heterocycles. The Kier molecular flexibility index (Phi) is 4.21. The normalized spacial score (nSPS) is 19.4. The standard InChI is InChI=1S/C10H8ClIN2O5S/c11-20(18,19)7-4-10(15)13(5-7)9-2-1-6(14(16)17)3-8(9)12/h1-3,7H,4-5H2. The van der Waals surface area contributed by atoms with Crippen molar-refractivity contribution in [2.24, 2.45) is 0 Å². The van der Waals surface area contributed by atoms with Gasteiger partial charge in [0.2, 0.25) is 15.0 Å². The number of carbonyl (C=O) groups is 1. The summed E-state index contributed by atoms with van der Waals surface area (Å²) in [5.41, 5.74) is 0.357. The zero-order chi connectivity index (χ0) is 15.1. The van der Waals surface area contributed by atoms with E-state index in [1.54, 1.807) is 0 Å². The van der Waals surface area contributed by atoms with Crippen LogP contribution < -0.4 is 4.90 Å². The molecule has 1 aromatic carbocycles. The molecule has 10 heteroatoms. The molecule has 108 valence electrons. The number of nitro groups is 1. The average Bonchev–Trinajstić information content (AvgIpc) is 2.71. The fourth-order valence-electron chi connectivity index (χ4n) is 1.92. The smallest absolute Gasteiger partial charge is 0.270 e. The summed E-state index contributed by atoms with van der Waals surface area (Å²) in [6.45, 7) is -0.0432. The van der Waals surface area contributed by atoms with Gasteiger partial charge in [0.05, 0.1) is 10.6 Å². The number of rotatable bonds is 3. The molecule has 0 aromatic heterocycles. The number of hydrogen-bond acceptors (Lipinski definition) is 5. The van der Waals surface area contributed by atoms with Gasteiger partial charge in [-0.05, 0) is 28.7 Å². The topological polar surface area (TPSA) is 97.6 Å². The number of amides is 1. The lowest BCUT2D eigenvalue weighted by Crippen LogP contribution is -2.27. The van der Waals surface area contributed by atoms with Crippen LogP contribution in [0.2, 0.25) is 0 Å². The second-order valence-electron chi connectivity index (χ2n) is 4.20. The van der Waals surface area contributed by atoms with Crippen molar-refractivity contribution in [2.75, 3.05) is 11.4 Å². The van der Waals surface area contributed by atoms with E-state index >= 15 is 0 Å². The average molecular weight is 431 g/mol. The van der Waals surface area contributed by atoms with Crippen LogP contribution in [0.5, 0.6) is 0 Å². The lowest BCUT2D eigenvalue weighted by atomic mass is 10.2. The summed E-state index contributed by atoms with van der Waals surface area (Å²) in [7, 11) is 1.45. The Morgan fingerprint density at radius 1 is 1.45 bits per heavy atom. The Balaban J connectivity index is 2.33. The molecule has 1 aromatic rings. The van der Waals surface area contributed by atoms with Crippen molar-refractivity contribution in [1.82, 2.24) is 0 Å². The van der Waals surface area contributed by atoms with Gasteiger partial charge in [0.25, 0.3) is 5.69 Å². The first kappa shape index (κ1) is 15.4. The maximum absolute atomic E-state index is 11.9. The van der Waals surface area contributed by atoms with Crippen LogP contribution in [-0.4, -0.2) is 31.0 Å². The molecule has 1 heterocycles. The van der Waals surface area contributed by atoms with Gasteiger partial charge >= 0.3 is 0 Å². The molecule has 0 bridgehead atoms. The van der Waals surface area contributed by atoms with E-state index in [0.717, 1.165) is 0 Å². The lowest BCUT2D eigenvalue weighted by molar-refractivity contribution is -0.384. The molecule has 0 spiro atoms. The summed E-state index contributed by atoms with van der Waals surface area (Å²) in [5, 5.41) is 9.70. The van der Waals surface area contributed by atoms with E-state index < -0.39 is 19.2 Å². The van der Waals surface area contributed by atoms with Crippen LogP contribution >= 0.6 is 33.3 Å². The summed E-state index contributed by atoms with van der Waals surface area (Å²) in [4.78, 5) is 23.3. The molecule has 20 heavy (non-hydrogen) atoms. The van der Waals surface area contributed by atoms with E-state index in [0.29, 0.717) is 9.26 Å². The quantitative estimate of drug-likeness (QED) is 0.316. The van der Waals surface area contributed by atoms with E-state index in [1.807, 2.05) is 22.6 Å². The van der Waals surface area contributed by atoms with E-state index in [-0.39, 0.29) is 24.6 Å². The van der Waals surface area contributed by atoms with E-state index in [2.05, 4.69) is 0 Å². The maximum atomic E-state index is 11.9. The van der Waals surface area contributed by atoms with Gasteiger partial charge in [0.1, 0.15) is 5.25 Å².